The molecule has 0 saturated heterocycles. The largest absolute Gasteiger partial charge is 0.389 e. The zero-order valence-electron chi connectivity index (χ0n) is 9.73. The van der Waals surface area contributed by atoms with Crippen LogP contribution in [0.2, 0.25) is 0 Å². The standard InChI is InChI=1S/C14H12BrFOS/c1-9(17)10-2-7-14(13(16)8-10)18-12-5-3-11(15)4-6-12/h2-9,17H,1H3. The summed E-state index contributed by atoms with van der Waals surface area (Å²) in [4.78, 5) is 1.53. The van der Waals surface area contributed by atoms with E-state index in [9.17, 15) is 9.50 Å². The van der Waals surface area contributed by atoms with E-state index in [4.69, 9.17) is 0 Å². The van der Waals surface area contributed by atoms with Crippen LogP contribution >= 0.6 is 27.7 Å². The van der Waals surface area contributed by atoms with E-state index in [1.807, 2.05) is 24.3 Å². The zero-order chi connectivity index (χ0) is 13.1. The Labute approximate surface area is 118 Å². The van der Waals surface area contributed by atoms with Gasteiger partial charge in [0.2, 0.25) is 0 Å². The Morgan fingerprint density at radius 1 is 1.17 bits per heavy atom. The van der Waals surface area contributed by atoms with Crippen LogP contribution in [0.4, 0.5) is 4.39 Å². The second kappa shape index (κ2) is 5.87. The smallest absolute Gasteiger partial charge is 0.137 e. The van der Waals surface area contributed by atoms with Gasteiger partial charge in [0.1, 0.15) is 5.82 Å². The van der Waals surface area contributed by atoms with Crippen molar-refractivity contribution in [1.29, 1.82) is 0 Å². The van der Waals surface area contributed by atoms with E-state index in [0.29, 0.717) is 10.5 Å². The van der Waals surface area contributed by atoms with E-state index in [0.717, 1.165) is 9.37 Å². The molecule has 0 bridgehead atoms. The van der Waals surface area contributed by atoms with Crippen molar-refractivity contribution < 1.29 is 9.50 Å². The Kier molecular flexibility index (Phi) is 4.43. The van der Waals surface area contributed by atoms with Gasteiger partial charge in [-0.1, -0.05) is 33.8 Å². The number of hydrogen-bond acceptors (Lipinski definition) is 2. The van der Waals surface area contributed by atoms with Crippen LogP contribution in [-0.4, -0.2) is 5.11 Å². The van der Waals surface area contributed by atoms with Crippen molar-refractivity contribution in [3.05, 3.63) is 58.3 Å². The predicted molar refractivity (Wildman–Crippen MR) is 75.3 cm³/mol. The predicted octanol–water partition coefficient (Wildman–Crippen LogP) is 4.79. The van der Waals surface area contributed by atoms with Crippen molar-refractivity contribution >= 4 is 27.7 Å². The van der Waals surface area contributed by atoms with Gasteiger partial charge in [0.25, 0.3) is 0 Å². The molecule has 0 aliphatic rings. The van der Waals surface area contributed by atoms with E-state index in [-0.39, 0.29) is 5.82 Å². The lowest BCUT2D eigenvalue weighted by Gasteiger charge is -2.08. The van der Waals surface area contributed by atoms with Crippen molar-refractivity contribution in [3.8, 4) is 0 Å². The van der Waals surface area contributed by atoms with Gasteiger partial charge in [-0.3, -0.25) is 0 Å². The van der Waals surface area contributed by atoms with Gasteiger partial charge in [0, 0.05) is 14.3 Å². The monoisotopic (exact) mass is 326 g/mol. The van der Waals surface area contributed by atoms with Gasteiger partial charge in [-0.05, 0) is 48.9 Å². The summed E-state index contributed by atoms with van der Waals surface area (Å²) in [5, 5.41) is 9.38. The molecule has 0 radical (unpaired) electrons. The van der Waals surface area contributed by atoms with E-state index >= 15 is 0 Å². The highest BCUT2D eigenvalue weighted by Gasteiger charge is 2.08. The highest BCUT2D eigenvalue weighted by Crippen LogP contribution is 2.31. The summed E-state index contributed by atoms with van der Waals surface area (Å²) in [6.45, 7) is 1.62. The lowest BCUT2D eigenvalue weighted by atomic mass is 10.1. The van der Waals surface area contributed by atoms with Crippen LogP contribution in [0.15, 0.2) is 56.7 Å². The van der Waals surface area contributed by atoms with E-state index in [1.165, 1.54) is 17.8 Å². The SMILES string of the molecule is CC(O)c1ccc(Sc2ccc(Br)cc2)c(F)c1. The molecule has 0 amide bonds. The number of benzene rings is 2. The van der Waals surface area contributed by atoms with Crippen molar-refractivity contribution in [2.24, 2.45) is 0 Å². The molecule has 2 aromatic rings. The van der Waals surface area contributed by atoms with Crippen molar-refractivity contribution in [2.75, 3.05) is 0 Å². The summed E-state index contributed by atoms with van der Waals surface area (Å²) in [5.74, 6) is -0.304. The van der Waals surface area contributed by atoms with E-state index in [1.54, 1.807) is 19.1 Å². The van der Waals surface area contributed by atoms with E-state index < -0.39 is 6.10 Å². The molecule has 2 aromatic carbocycles. The first-order valence-electron chi connectivity index (χ1n) is 5.47. The number of halogens is 2. The van der Waals surface area contributed by atoms with Crippen LogP contribution in [0, 0.1) is 5.82 Å². The van der Waals surface area contributed by atoms with Crippen LogP contribution in [0.5, 0.6) is 0 Å². The van der Waals surface area contributed by atoms with Crippen LogP contribution in [-0.2, 0) is 0 Å². The summed E-state index contributed by atoms with van der Waals surface area (Å²) < 4.78 is 14.8. The molecule has 0 saturated carbocycles. The van der Waals surface area contributed by atoms with Crippen LogP contribution in [0.1, 0.15) is 18.6 Å². The number of aliphatic hydroxyl groups is 1. The third-order valence-electron chi connectivity index (χ3n) is 2.48. The molecule has 2 rings (SSSR count). The Balaban J connectivity index is 2.22. The fraction of sp³-hybridized carbons (Fsp3) is 0.143. The third-order valence-corrected chi connectivity index (χ3v) is 4.07. The first-order valence-corrected chi connectivity index (χ1v) is 7.08. The summed E-state index contributed by atoms with van der Waals surface area (Å²) in [6.07, 6.45) is -0.647. The second-order valence-electron chi connectivity index (χ2n) is 3.92. The first-order chi connectivity index (χ1) is 8.56. The number of aliphatic hydroxyl groups excluding tert-OH is 1. The Morgan fingerprint density at radius 2 is 1.83 bits per heavy atom. The van der Waals surface area contributed by atoms with Gasteiger partial charge in [-0.25, -0.2) is 4.39 Å². The van der Waals surface area contributed by atoms with E-state index in [2.05, 4.69) is 15.9 Å². The minimum Gasteiger partial charge on any atom is -0.389 e. The zero-order valence-corrected chi connectivity index (χ0v) is 12.1. The Bertz CT molecular complexity index is 540. The average Bonchev–Trinajstić information content (AvgIpc) is 2.34. The highest BCUT2D eigenvalue weighted by atomic mass is 79.9. The quantitative estimate of drug-likeness (QED) is 0.874. The lowest BCUT2D eigenvalue weighted by molar-refractivity contribution is 0.198. The normalized spacial score (nSPS) is 12.4. The second-order valence-corrected chi connectivity index (χ2v) is 5.95. The topological polar surface area (TPSA) is 20.2 Å². The van der Waals surface area contributed by atoms with Gasteiger partial charge >= 0.3 is 0 Å². The summed E-state index contributed by atoms with van der Waals surface area (Å²) >= 11 is 4.73. The maximum atomic E-state index is 13.8. The van der Waals surface area contributed by atoms with Crippen LogP contribution in [0.25, 0.3) is 0 Å². The molecular weight excluding hydrogens is 315 g/mol. The minimum absolute atomic E-state index is 0.304. The molecule has 0 heterocycles. The fourth-order valence-electron chi connectivity index (χ4n) is 1.49. The third kappa shape index (κ3) is 3.34. The molecule has 94 valence electrons. The number of rotatable bonds is 3. The molecule has 0 fully saturated rings. The molecule has 1 atom stereocenters. The maximum Gasteiger partial charge on any atom is 0.137 e. The molecule has 1 nitrogen and oxygen atoms in total. The van der Waals surface area contributed by atoms with Crippen molar-refractivity contribution in [2.45, 2.75) is 22.8 Å². The number of hydrogen-bond donors (Lipinski definition) is 1. The maximum absolute atomic E-state index is 13.8. The van der Waals surface area contributed by atoms with Crippen molar-refractivity contribution in [1.82, 2.24) is 0 Å². The minimum atomic E-state index is -0.647. The van der Waals surface area contributed by atoms with Gasteiger partial charge in [0.15, 0.2) is 0 Å². The lowest BCUT2D eigenvalue weighted by Crippen LogP contribution is -1.92. The fourth-order valence-corrected chi connectivity index (χ4v) is 2.57. The molecule has 0 spiro atoms. The van der Waals surface area contributed by atoms with Gasteiger partial charge in [-0.15, -0.1) is 0 Å². The van der Waals surface area contributed by atoms with Crippen LogP contribution < -0.4 is 0 Å². The molecule has 1 unspecified atom stereocenters. The van der Waals surface area contributed by atoms with Crippen LogP contribution in [0.3, 0.4) is 0 Å². The Morgan fingerprint density at radius 3 is 2.39 bits per heavy atom. The average molecular weight is 327 g/mol. The molecule has 0 aromatic heterocycles. The first kappa shape index (κ1) is 13.6. The molecule has 4 heteroatoms. The molecule has 1 N–H and O–H groups in total. The Hall–Kier alpha value is -0.840. The van der Waals surface area contributed by atoms with Gasteiger partial charge < -0.3 is 5.11 Å². The molecule has 18 heavy (non-hydrogen) atoms. The highest BCUT2D eigenvalue weighted by molar-refractivity contribution is 9.10. The molecule has 0 aliphatic carbocycles. The summed E-state index contributed by atoms with van der Waals surface area (Å²) in [5.41, 5.74) is 0.590. The summed E-state index contributed by atoms with van der Waals surface area (Å²) in [6, 6.07) is 12.5. The molecular formula is C14H12BrFOS. The van der Waals surface area contributed by atoms with Crippen molar-refractivity contribution in [3.63, 3.8) is 0 Å². The molecule has 0 aliphatic heterocycles. The van der Waals surface area contributed by atoms with Gasteiger partial charge in [-0.2, -0.15) is 0 Å². The van der Waals surface area contributed by atoms with Gasteiger partial charge in [0.05, 0.1) is 6.10 Å². The summed E-state index contributed by atoms with van der Waals surface area (Å²) in [7, 11) is 0.